The van der Waals surface area contributed by atoms with E-state index >= 15 is 0 Å². The van der Waals surface area contributed by atoms with Crippen LogP contribution in [0.15, 0.2) is 34.9 Å². The second-order valence-corrected chi connectivity index (χ2v) is 6.27. The van der Waals surface area contributed by atoms with Crippen molar-refractivity contribution in [2.75, 3.05) is 13.2 Å². The summed E-state index contributed by atoms with van der Waals surface area (Å²) < 4.78 is 10.7. The van der Waals surface area contributed by atoms with Crippen molar-refractivity contribution in [1.29, 1.82) is 0 Å². The molecule has 0 fully saturated rings. The predicted molar refractivity (Wildman–Crippen MR) is 86.1 cm³/mol. The lowest BCUT2D eigenvalue weighted by Gasteiger charge is -2.26. The molecule has 2 rings (SSSR count). The molecule has 1 heterocycles. The third-order valence-corrected chi connectivity index (χ3v) is 2.94. The standard InChI is InChI=1S/C16H19ClN2O4/c1-16(2,3)23-19(11-20)8-9-21-15-10-14(22-18-15)12-4-6-13(17)7-5-12/h4-7,10-11H,8-9H2,1-3H3. The molecular formula is C16H19ClN2O4. The summed E-state index contributed by atoms with van der Waals surface area (Å²) in [5, 5.41) is 5.68. The molecule has 0 spiro atoms. The summed E-state index contributed by atoms with van der Waals surface area (Å²) in [6, 6.07) is 8.88. The van der Waals surface area contributed by atoms with Gasteiger partial charge in [0, 0.05) is 16.7 Å². The fourth-order valence-electron chi connectivity index (χ4n) is 1.79. The maximum atomic E-state index is 10.9. The smallest absolute Gasteiger partial charge is 0.254 e. The molecule has 0 bridgehead atoms. The Morgan fingerprint density at radius 2 is 2.00 bits per heavy atom. The van der Waals surface area contributed by atoms with E-state index in [1.54, 1.807) is 18.2 Å². The molecule has 0 saturated carbocycles. The van der Waals surface area contributed by atoms with Crippen LogP contribution in [0.5, 0.6) is 5.88 Å². The van der Waals surface area contributed by atoms with Gasteiger partial charge in [-0.25, -0.2) is 5.06 Å². The molecule has 1 aromatic carbocycles. The number of ether oxygens (including phenoxy) is 1. The Morgan fingerprint density at radius 1 is 1.30 bits per heavy atom. The van der Waals surface area contributed by atoms with Crippen molar-refractivity contribution in [3.8, 4) is 17.2 Å². The van der Waals surface area contributed by atoms with E-state index < -0.39 is 5.60 Å². The Morgan fingerprint density at radius 3 is 2.61 bits per heavy atom. The molecule has 6 nitrogen and oxygen atoms in total. The maximum Gasteiger partial charge on any atom is 0.254 e. The number of benzene rings is 1. The Labute approximate surface area is 139 Å². The summed E-state index contributed by atoms with van der Waals surface area (Å²) in [7, 11) is 0. The monoisotopic (exact) mass is 338 g/mol. The third kappa shape index (κ3) is 5.58. The SMILES string of the molecule is CC(C)(C)ON(C=O)CCOc1cc(-c2ccc(Cl)cc2)on1. The third-order valence-electron chi connectivity index (χ3n) is 2.69. The number of hydrogen-bond acceptors (Lipinski definition) is 5. The van der Waals surface area contributed by atoms with Gasteiger partial charge in [-0.2, -0.15) is 0 Å². The molecule has 1 aromatic heterocycles. The molecule has 0 unspecified atom stereocenters. The van der Waals surface area contributed by atoms with E-state index in [0.717, 1.165) is 5.56 Å². The van der Waals surface area contributed by atoms with Gasteiger partial charge in [0.15, 0.2) is 5.76 Å². The summed E-state index contributed by atoms with van der Waals surface area (Å²) in [5.41, 5.74) is 0.402. The first-order valence-corrected chi connectivity index (χ1v) is 7.52. The Kier molecular flexibility index (Phi) is 5.63. The zero-order valence-corrected chi connectivity index (χ0v) is 14.0. The molecule has 0 atom stereocenters. The van der Waals surface area contributed by atoms with Crippen molar-refractivity contribution in [1.82, 2.24) is 10.2 Å². The first-order chi connectivity index (χ1) is 10.9. The number of hydrogen-bond donors (Lipinski definition) is 0. The normalized spacial score (nSPS) is 11.3. The van der Waals surface area contributed by atoms with Gasteiger partial charge in [-0.15, -0.1) is 0 Å². The Balaban J connectivity index is 1.87. The zero-order chi connectivity index (χ0) is 16.9. The predicted octanol–water partition coefficient (Wildman–Crippen LogP) is 3.56. The largest absolute Gasteiger partial charge is 0.474 e. The highest BCUT2D eigenvalue weighted by Crippen LogP contribution is 2.24. The Hall–Kier alpha value is -2.05. The number of hydroxylamine groups is 2. The Bertz CT molecular complexity index is 634. The van der Waals surface area contributed by atoms with E-state index in [0.29, 0.717) is 23.1 Å². The van der Waals surface area contributed by atoms with Crippen LogP contribution in [-0.4, -0.2) is 35.4 Å². The van der Waals surface area contributed by atoms with Crippen LogP contribution in [0.25, 0.3) is 11.3 Å². The van der Waals surface area contributed by atoms with Crippen LogP contribution in [0, 0.1) is 0 Å². The lowest BCUT2D eigenvalue weighted by Crippen LogP contribution is -2.35. The minimum Gasteiger partial charge on any atom is -0.474 e. The van der Waals surface area contributed by atoms with E-state index in [2.05, 4.69) is 5.16 Å². The van der Waals surface area contributed by atoms with Crippen LogP contribution < -0.4 is 4.74 Å². The van der Waals surface area contributed by atoms with E-state index in [-0.39, 0.29) is 13.2 Å². The van der Waals surface area contributed by atoms with Gasteiger partial charge in [0.05, 0.1) is 12.1 Å². The molecule has 23 heavy (non-hydrogen) atoms. The lowest BCUT2D eigenvalue weighted by atomic mass is 10.2. The fourth-order valence-corrected chi connectivity index (χ4v) is 1.92. The maximum absolute atomic E-state index is 10.9. The van der Waals surface area contributed by atoms with E-state index in [9.17, 15) is 4.79 Å². The average Bonchev–Trinajstić information content (AvgIpc) is 2.94. The van der Waals surface area contributed by atoms with Gasteiger partial charge in [-0.05, 0) is 50.2 Å². The molecule has 0 radical (unpaired) electrons. The number of halogens is 1. The summed E-state index contributed by atoms with van der Waals surface area (Å²) in [5.74, 6) is 0.923. The average molecular weight is 339 g/mol. The van der Waals surface area contributed by atoms with Gasteiger partial charge in [0.2, 0.25) is 6.41 Å². The van der Waals surface area contributed by atoms with E-state index in [4.69, 9.17) is 25.7 Å². The quantitative estimate of drug-likeness (QED) is 0.570. The van der Waals surface area contributed by atoms with E-state index in [1.165, 1.54) is 5.06 Å². The molecule has 0 saturated heterocycles. The van der Waals surface area contributed by atoms with Crippen molar-refractivity contribution in [2.24, 2.45) is 0 Å². The molecule has 1 amide bonds. The molecule has 2 aromatic rings. The van der Waals surface area contributed by atoms with Crippen LogP contribution in [0.4, 0.5) is 0 Å². The van der Waals surface area contributed by atoms with Crippen molar-refractivity contribution in [3.63, 3.8) is 0 Å². The summed E-state index contributed by atoms with van der Waals surface area (Å²) in [6.45, 7) is 6.10. The van der Waals surface area contributed by atoms with Gasteiger partial charge in [0.25, 0.3) is 5.88 Å². The first kappa shape index (κ1) is 17.3. The van der Waals surface area contributed by atoms with Gasteiger partial charge in [-0.3, -0.25) is 9.63 Å². The van der Waals surface area contributed by atoms with Gasteiger partial charge in [-0.1, -0.05) is 11.6 Å². The van der Waals surface area contributed by atoms with Crippen molar-refractivity contribution >= 4 is 18.0 Å². The molecule has 0 aliphatic carbocycles. The van der Waals surface area contributed by atoms with Crippen LogP contribution >= 0.6 is 11.6 Å². The number of aromatic nitrogens is 1. The number of nitrogens with zero attached hydrogens (tertiary/aromatic N) is 2. The molecule has 0 aliphatic rings. The molecule has 124 valence electrons. The molecule has 0 aliphatic heterocycles. The van der Waals surface area contributed by atoms with Gasteiger partial charge < -0.3 is 9.26 Å². The lowest BCUT2D eigenvalue weighted by molar-refractivity contribution is -0.217. The minimum atomic E-state index is -0.448. The summed E-state index contributed by atoms with van der Waals surface area (Å²) >= 11 is 5.85. The number of rotatable bonds is 7. The van der Waals surface area contributed by atoms with Crippen LogP contribution in [0.1, 0.15) is 20.8 Å². The number of carbonyl (C=O) groups is 1. The van der Waals surface area contributed by atoms with E-state index in [1.807, 2.05) is 32.9 Å². The van der Waals surface area contributed by atoms with Gasteiger partial charge in [0.1, 0.15) is 6.61 Å². The molecule has 0 N–H and O–H groups in total. The van der Waals surface area contributed by atoms with Crippen molar-refractivity contribution < 1.29 is 18.9 Å². The second kappa shape index (κ2) is 7.48. The minimum absolute atomic E-state index is 0.238. The molecular weight excluding hydrogens is 320 g/mol. The van der Waals surface area contributed by atoms with Gasteiger partial charge >= 0.3 is 0 Å². The summed E-state index contributed by atoms with van der Waals surface area (Å²) in [6.07, 6.45) is 0.622. The fraction of sp³-hybridized carbons (Fsp3) is 0.375. The highest BCUT2D eigenvalue weighted by molar-refractivity contribution is 6.30. The summed E-state index contributed by atoms with van der Waals surface area (Å²) in [4.78, 5) is 16.4. The first-order valence-electron chi connectivity index (χ1n) is 7.14. The van der Waals surface area contributed by atoms with Crippen molar-refractivity contribution in [3.05, 3.63) is 35.4 Å². The highest BCUT2D eigenvalue weighted by Gasteiger charge is 2.16. The zero-order valence-electron chi connectivity index (χ0n) is 13.3. The molecule has 7 heteroatoms. The van der Waals surface area contributed by atoms with Crippen LogP contribution in [0.2, 0.25) is 5.02 Å². The second-order valence-electron chi connectivity index (χ2n) is 5.83. The van der Waals surface area contributed by atoms with Crippen LogP contribution in [-0.2, 0) is 9.63 Å². The highest BCUT2D eigenvalue weighted by atomic mass is 35.5. The van der Waals surface area contributed by atoms with Crippen LogP contribution in [0.3, 0.4) is 0 Å². The topological polar surface area (TPSA) is 64.8 Å². The van der Waals surface area contributed by atoms with Crippen molar-refractivity contribution in [2.45, 2.75) is 26.4 Å². The number of amides is 1. The number of carbonyl (C=O) groups excluding carboxylic acids is 1.